The Morgan fingerprint density at radius 3 is 2.57 bits per heavy atom. The highest BCUT2D eigenvalue weighted by Crippen LogP contribution is 2.19. The normalized spacial score (nSPS) is 11.0. The zero-order valence-electron chi connectivity index (χ0n) is 10.8. The van der Waals surface area contributed by atoms with Crippen LogP contribution in [-0.2, 0) is 0 Å². The summed E-state index contributed by atoms with van der Waals surface area (Å²) in [6.45, 7) is 0. The molecule has 2 aromatic rings. The summed E-state index contributed by atoms with van der Waals surface area (Å²) in [4.78, 5) is 11.8. The molecule has 21 heavy (non-hydrogen) atoms. The number of nitrogens with two attached hydrogens (primary N) is 1. The Morgan fingerprint density at radius 2 is 1.90 bits per heavy atom. The van der Waals surface area contributed by atoms with E-state index < -0.39 is 17.7 Å². The van der Waals surface area contributed by atoms with Crippen molar-refractivity contribution >= 4 is 17.6 Å². The number of oxime groups is 1. The number of amides is 1. The van der Waals surface area contributed by atoms with Crippen molar-refractivity contribution < 1.29 is 19.1 Å². The number of nitrogens with one attached hydrogen (secondary N) is 1. The molecule has 1 amide bonds. The van der Waals surface area contributed by atoms with Crippen LogP contribution in [0.3, 0.4) is 0 Å². The molecule has 0 saturated carbocycles. The average Bonchev–Trinajstić information content (AvgIpc) is 2.47. The summed E-state index contributed by atoms with van der Waals surface area (Å²) >= 11 is 0. The lowest BCUT2D eigenvalue weighted by Gasteiger charge is -2.11. The van der Waals surface area contributed by atoms with Gasteiger partial charge in [-0.3, -0.25) is 5.32 Å². The van der Waals surface area contributed by atoms with Crippen LogP contribution in [0.5, 0.6) is 5.75 Å². The monoisotopic (exact) mass is 289 g/mol. The smallest absolute Gasteiger partial charge is 0.410 e. The predicted octanol–water partition coefficient (Wildman–Crippen LogP) is 2.53. The number of halogens is 1. The predicted molar refractivity (Wildman–Crippen MR) is 75.0 cm³/mol. The van der Waals surface area contributed by atoms with Gasteiger partial charge in [0.05, 0.1) is 11.3 Å². The minimum absolute atomic E-state index is 0.0335. The van der Waals surface area contributed by atoms with Gasteiger partial charge >= 0.3 is 6.09 Å². The molecule has 0 bridgehead atoms. The van der Waals surface area contributed by atoms with Gasteiger partial charge in [0.15, 0.2) is 5.84 Å². The fraction of sp³-hybridized carbons (Fsp3) is 0. The van der Waals surface area contributed by atoms with Crippen molar-refractivity contribution in [2.75, 3.05) is 5.32 Å². The van der Waals surface area contributed by atoms with Crippen molar-refractivity contribution in [3.63, 3.8) is 0 Å². The van der Waals surface area contributed by atoms with E-state index in [2.05, 4.69) is 10.5 Å². The van der Waals surface area contributed by atoms with E-state index in [-0.39, 0.29) is 11.3 Å². The van der Waals surface area contributed by atoms with E-state index >= 15 is 0 Å². The number of para-hydroxylation sites is 1. The van der Waals surface area contributed by atoms with Gasteiger partial charge in [-0.25, -0.2) is 9.18 Å². The first kappa shape index (κ1) is 14.3. The molecule has 2 aromatic carbocycles. The van der Waals surface area contributed by atoms with E-state index in [9.17, 15) is 9.18 Å². The van der Waals surface area contributed by atoms with Gasteiger partial charge in [-0.15, -0.1) is 0 Å². The highest BCUT2D eigenvalue weighted by atomic mass is 19.1. The molecule has 0 fully saturated rings. The molecule has 0 spiro atoms. The molecular formula is C14H12FN3O3. The lowest BCUT2D eigenvalue weighted by atomic mass is 10.1. The van der Waals surface area contributed by atoms with E-state index in [0.29, 0.717) is 5.75 Å². The zero-order chi connectivity index (χ0) is 15.2. The Labute approximate surface area is 119 Å². The number of ether oxygens (including phenoxy) is 1. The molecule has 0 aliphatic heterocycles. The summed E-state index contributed by atoms with van der Waals surface area (Å²) in [6.07, 6.45) is -0.821. The first-order valence-electron chi connectivity index (χ1n) is 5.92. The number of carbonyl (C=O) groups excluding carboxylic acids is 1. The van der Waals surface area contributed by atoms with Crippen molar-refractivity contribution in [2.24, 2.45) is 10.9 Å². The first-order chi connectivity index (χ1) is 10.1. The molecule has 0 saturated heterocycles. The van der Waals surface area contributed by atoms with Gasteiger partial charge in [0.2, 0.25) is 0 Å². The lowest BCUT2D eigenvalue weighted by Crippen LogP contribution is -2.22. The number of benzene rings is 2. The summed E-state index contributed by atoms with van der Waals surface area (Å²) in [6, 6.07) is 12.3. The minimum atomic E-state index is -0.821. The van der Waals surface area contributed by atoms with Gasteiger partial charge in [-0.05, 0) is 24.3 Å². The molecule has 2 rings (SSSR count). The van der Waals surface area contributed by atoms with Crippen LogP contribution < -0.4 is 15.8 Å². The van der Waals surface area contributed by atoms with Crippen molar-refractivity contribution in [3.05, 3.63) is 59.9 Å². The number of hydrogen-bond acceptors (Lipinski definition) is 4. The third-order valence-corrected chi connectivity index (χ3v) is 2.57. The fourth-order valence-electron chi connectivity index (χ4n) is 1.67. The van der Waals surface area contributed by atoms with Crippen LogP contribution in [0, 0.1) is 5.82 Å². The summed E-state index contributed by atoms with van der Waals surface area (Å²) in [7, 11) is 0. The third-order valence-electron chi connectivity index (χ3n) is 2.57. The summed E-state index contributed by atoms with van der Waals surface area (Å²) < 4.78 is 18.7. The van der Waals surface area contributed by atoms with E-state index in [0.717, 1.165) is 6.07 Å². The summed E-state index contributed by atoms with van der Waals surface area (Å²) in [5.74, 6) is -0.859. The quantitative estimate of drug-likeness (QED) is 0.350. The molecule has 7 heteroatoms. The number of anilines is 1. The van der Waals surface area contributed by atoms with Gasteiger partial charge in [-0.1, -0.05) is 29.4 Å². The number of rotatable bonds is 3. The molecule has 0 radical (unpaired) electrons. The number of hydrogen-bond donors (Lipinski definition) is 3. The zero-order valence-corrected chi connectivity index (χ0v) is 10.8. The topological polar surface area (TPSA) is 96.9 Å². The highest BCUT2D eigenvalue weighted by Gasteiger charge is 2.15. The van der Waals surface area contributed by atoms with Crippen LogP contribution in [0.25, 0.3) is 0 Å². The Kier molecular flexibility index (Phi) is 4.35. The first-order valence-corrected chi connectivity index (χ1v) is 5.92. The SMILES string of the molecule is N/C(=N/O)c1c(F)cccc1NC(=O)Oc1ccccc1. The van der Waals surface area contributed by atoms with Gasteiger partial charge in [0, 0.05) is 0 Å². The van der Waals surface area contributed by atoms with Gasteiger partial charge in [-0.2, -0.15) is 0 Å². The highest BCUT2D eigenvalue weighted by molar-refractivity contribution is 6.04. The van der Waals surface area contributed by atoms with E-state index in [1.807, 2.05) is 0 Å². The van der Waals surface area contributed by atoms with Gasteiger partial charge in [0.1, 0.15) is 11.6 Å². The molecule has 0 aliphatic rings. The molecule has 0 atom stereocenters. The second kappa shape index (κ2) is 6.38. The lowest BCUT2D eigenvalue weighted by molar-refractivity contribution is 0.215. The molecule has 4 N–H and O–H groups in total. The van der Waals surface area contributed by atoms with Crippen LogP contribution in [0.15, 0.2) is 53.7 Å². The van der Waals surface area contributed by atoms with E-state index in [1.165, 1.54) is 12.1 Å². The van der Waals surface area contributed by atoms with Crippen molar-refractivity contribution in [3.8, 4) is 5.75 Å². The fourth-order valence-corrected chi connectivity index (χ4v) is 1.67. The van der Waals surface area contributed by atoms with Crippen LogP contribution in [-0.4, -0.2) is 17.1 Å². The standard InChI is InChI=1S/C14H12FN3O3/c15-10-7-4-8-11(12(10)13(16)18-20)17-14(19)21-9-5-2-1-3-6-9/h1-8,20H,(H2,16,18)(H,17,19). The number of nitrogens with zero attached hydrogens (tertiary/aromatic N) is 1. The number of carbonyl (C=O) groups is 1. The van der Waals surface area contributed by atoms with Gasteiger partial charge < -0.3 is 15.7 Å². The maximum Gasteiger partial charge on any atom is 0.417 e. The molecule has 0 aliphatic carbocycles. The second-order valence-corrected chi connectivity index (χ2v) is 3.98. The molecular weight excluding hydrogens is 277 g/mol. The van der Waals surface area contributed by atoms with Crippen molar-refractivity contribution in [1.82, 2.24) is 0 Å². The Hall–Kier alpha value is -3.09. The van der Waals surface area contributed by atoms with Crippen molar-refractivity contribution in [1.29, 1.82) is 0 Å². The van der Waals surface area contributed by atoms with E-state index in [4.69, 9.17) is 15.7 Å². The molecule has 0 aromatic heterocycles. The van der Waals surface area contributed by atoms with Gasteiger partial charge in [0.25, 0.3) is 0 Å². The van der Waals surface area contributed by atoms with Crippen LogP contribution >= 0.6 is 0 Å². The minimum Gasteiger partial charge on any atom is -0.410 e. The van der Waals surface area contributed by atoms with Crippen LogP contribution in [0.2, 0.25) is 0 Å². The second-order valence-electron chi connectivity index (χ2n) is 3.98. The molecule has 6 nitrogen and oxygen atoms in total. The summed E-state index contributed by atoms with van der Waals surface area (Å²) in [5, 5.41) is 13.7. The molecule has 0 heterocycles. The van der Waals surface area contributed by atoms with Crippen LogP contribution in [0.4, 0.5) is 14.9 Å². The maximum atomic E-state index is 13.7. The third kappa shape index (κ3) is 3.47. The number of amidine groups is 1. The maximum absolute atomic E-state index is 13.7. The Bertz CT molecular complexity index is 674. The molecule has 0 unspecified atom stereocenters. The Morgan fingerprint density at radius 1 is 1.19 bits per heavy atom. The molecule has 108 valence electrons. The largest absolute Gasteiger partial charge is 0.417 e. The summed E-state index contributed by atoms with van der Waals surface area (Å²) in [5.41, 5.74) is 5.21. The Balaban J connectivity index is 2.20. The average molecular weight is 289 g/mol. The van der Waals surface area contributed by atoms with Crippen LogP contribution in [0.1, 0.15) is 5.56 Å². The van der Waals surface area contributed by atoms with Crippen molar-refractivity contribution in [2.45, 2.75) is 0 Å². The van der Waals surface area contributed by atoms with E-state index in [1.54, 1.807) is 30.3 Å².